The number of halogens is 4. The zero-order valence-corrected chi connectivity index (χ0v) is 16.3. The first-order valence-corrected chi connectivity index (χ1v) is 9.49. The molecule has 0 spiro atoms. The molecule has 31 heavy (non-hydrogen) atoms. The molecule has 2 N–H and O–H groups in total. The number of alkyl halides is 3. The summed E-state index contributed by atoms with van der Waals surface area (Å²) in [4.78, 5) is 23.5. The maximum Gasteiger partial charge on any atom is 0.416 e. The first kappa shape index (κ1) is 21.0. The Bertz CT molecular complexity index is 1240. The van der Waals surface area contributed by atoms with Crippen molar-refractivity contribution in [2.45, 2.75) is 25.1 Å². The van der Waals surface area contributed by atoms with Crippen molar-refractivity contribution in [2.24, 2.45) is 5.92 Å². The van der Waals surface area contributed by atoms with Crippen molar-refractivity contribution in [3.63, 3.8) is 0 Å². The Morgan fingerprint density at radius 3 is 2.52 bits per heavy atom. The number of fused-ring (bicyclic) bond motifs is 1. The number of aliphatic carboxylic acids is 1. The molecule has 0 unspecified atom stereocenters. The fraction of sp³-hybridized carbons (Fsp3) is 0.238. The smallest absolute Gasteiger partial charge is 0.416 e. The monoisotopic (exact) mass is 454 g/mol. The molecule has 0 amide bonds. The molecule has 1 aliphatic rings. The number of ether oxygens (including phenoxy) is 1. The second-order valence-electron chi connectivity index (χ2n) is 7.20. The third kappa shape index (κ3) is 3.93. The van der Waals surface area contributed by atoms with E-state index in [0.29, 0.717) is 0 Å². The predicted octanol–water partition coefficient (Wildman–Crippen LogP) is 5.08. The van der Waals surface area contributed by atoms with Gasteiger partial charge >= 0.3 is 12.1 Å². The highest BCUT2D eigenvalue weighted by molar-refractivity contribution is 6.35. The highest BCUT2D eigenvalue weighted by Crippen LogP contribution is 2.41. The van der Waals surface area contributed by atoms with Gasteiger partial charge < -0.3 is 19.4 Å². The van der Waals surface area contributed by atoms with Gasteiger partial charge in [-0.1, -0.05) is 11.6 Å². The van der Waals surface area contributed by atoms with Gasteiger partial charge in [0, 0.05) is 6.07 Å². The van der Waals surface area contributed by atoms with Crippen LogP contribution in [0, 0.1) is 5.92 Å². The zero-order valence-electron chi connectivity index (χ0n) is 15.6. The van der Waals surface area contributed by atoms with Crippen molar-refractivity contribution in [1.29, 1.82) is 0 Å². The van der Waals surface area contributed by atoms with E-state index in [1.54, 1.807) is 0 Å². The molecule has 0 aliphatic heterocycles. The largest absolute Gasteiger partial charge is 0.507 e. The molecule has 0 bridgehead atoms. The minimum atomic E-state index is -4.64. The standard InChI is InChI=1S/C21H14ClF3O6/c22-13-3-4-14(26)18-15(27)8-17(31-19(13)18)12-2-1-10(21(23,24)25)7-16(12)30-11-5-9(6-11)20(28)29/h1-4,7-9,11,26H,5-6H2,(H,28,29). The molecule has 1 heterocycles. The van der Waals surface area contributed by atoms with Crippen molar-refractivity contribution in [1.82, 2.24) is 0 Å². The first-order valence-electron chi connectivity index (χ1n) is 9.11. The molecule has 1 aliphatic carbocycles. The van der Waals surface area contributed by atoms with Crippen molar-refractivity contribution in [2.75, 3.05) is 0 Å². The summed E-state index contributed by atoms with van der Waals surface area (Å²) in [7, 11) is 0. The molecular formula is C21H14ClF3O6. The van der Waals surface area contributed by atoms with E-state index in [2.05, 4.69) is 0 Å². The van der Waals surface area contributed by atoms with Gasteiger partial charge in [0.15, 0.2) is 11.0 Å². The van der Waals surface area contributed by atoms with Gasteiger partial charge in [-0.3, -0.25) is 9.59 Å². The Balaban J connectivity index is 1.81. The molecule has 162 valence electrons. The number of carboxylic acids is 1. The summed E-state index contributed by atoms with van der Waals surface area (Å²) in [6.07, 6.45) is -4.94. The zero-order chi connectivity index (χ0) is 22.5. The van der Waals surface area contributed by atoms with E-state index in [0.717, 1.165) is 24.3 Å². The Morgan fingerprint density at radius 1 is 1.16 bits per heavy atom. The summed E-state index contributed by atoms with van der Waals surface area (Å²) >= 11 is 6.07. The lowest BCUT2D eigenvalue weighted by molar-refractivity contribution is -0.147. The second kappa shape index (κ2) is 7.49. The van der Waals surface area contributed by atoms with E-state index in [1.165, 1.54) is 12.1 Å². The average molecular weight is 455 g/mol. The van der Waals surface area contributed by atoms with Gasteiger partial charge in [-0.25, -0.2) is 0 Å². The SMILES string of the molecule is O=C(O)C1CC(Oc2cc(C(F)(F)F)ccc2-c2cc(=O)c3c(O)ccc(Cl)c3o2)C1. The molecule has 1 fully saturated rings. The fourth-order valence-electron chi connectivity index (χ4n) is 3.39. The van der Waals surface area contributed by atoms with Crippen LogP contribution in [0.3, 0.4) is 0 Å². The number of rotatable bonds is 4. The normalized spacial score (nSPS) is 18.6. The lowest BCUT2D eigenvalue weighted by Gasteiger charge is -2.33. The fourth-order valence-corrected chi connectivity index (χ4v) is 3.59. The average Bonchev–Trinajstić information content (AvgIpc) is 2.65. The molecule has 1 aromatic heterocycles. The van der Waals surface area contributed by atoms with Gasteiger partial charge in [-0.15, -0.1) is 0 Å². The van der Waals surface area contributed by atoms with Crippen LogP contribution < -0.4 is 10.2 Å². The molecule has 0 atom stereocenters. The highest BCUT2D eigenvalue weighted by atomic mass is 35.5. The van der Waals surface area contributed by atoms with Gasteiger partial charge in [-0.05, 0) is 43.2 Å². The van der Waals surface area contributed by atoms with Crippen LogP contribution in [0.15, 0.2) is 45.6 Å². The quantitative estimate of drug-likeness (QED) is 0.570. The Kier molecular flexibility index (Phi) is 5.09. The van der Waals surface area contributed by atoms with Crippen LogP contribution in [0.5, 0.6) is 11.5 Å². The summed E-state index contributed by atoms with van der Waals surface area (Å²) < 4.78 is 51.0. The van der Waals surface area contributed by atoms with Crippen molar-refractivity contribution < 1.29 is 37.3 Å². The summed E-state index contributed by atoms with van der Waals surface area (Å²) in [6, 6.07) is 6.26. The summed E-state index contributed by atoms with van der Waals surface area (Å²) in [5, 5.41) is 18.8. The van der Waals surface area contributed by atoms with Crippen LogP contribution >= 0.6 is 11.6 Å². The van der Waals surface area contributed by atoms with Gasteiger partial charge in [-0.2, -0.15) is 13.2 Å². The molecule has 0 saturated heterocycles. The van der Waals surface area contributed by atoms with E-state index in [9.17, 15) is 27.9 Å². The molecule has 0 radical (unpaired) electrons. The number of aromatic hydroxyl groups is 1. The first-order chi connectivity index (χ1) is 14.5. The van der Waals surface area contributed by atoms with Crippen LogP contribution in [0.2, 0.25) is 5.02 Å². The second-order valence-corrected chi connectivity index (χ2v) is 7.61. The minimum Gasteiger partial charge on any atom is -0.507 e. The van der Waals surface area contributed by atoms with Gasteiger partial charge in [0.1, 0.15) is 28.7 Å². The topological polar surface area (TPSA) is 97.0 Å². The predicted molar refractivity (Wildman–Crippen MR) is 104 cm³/mol. The number of carboxylic acid groups (broad SMARTS) is 1. The van der Waals surface area contributed by atoms with E-state index in [4.69, 9.17) is 25.9 Å². The molecular weight excluding hydrogens is 441 g/mol. The van der Waals surface area contributed by atoms with Crippen molar-refractivity contribution in [3.05, 3.63) is 57.2 Å². The van der Waals surface area contributed by atoms with Crippen LogP contribution in [0.25, 0.3) is 22.3 Å². The lowest BCUT2D eigenvalue weighted by Crippen LogP contribution is -2.38. The molecule has 6 nitrogen and oxygen atoms in total. The molecule has 10 heteroatoms. The number of hydrogen-bond acceptors (Lipinski definition) is 5. The van der Waals surface area contributed by atoms with Crippen LogP contribution in [0.1, 0.15) is 18.4 Å². The third-order valence-electron chi connectivity index (χ3n) is 5.12. The van der Waals surface area contributed by atoms with Crippen molar-refractivity contribution in [3.8, 4) is 22.8 Å². The van der Waals surface area contributed by atoms with Crippen LogP contribution in [-0.2, 0) is 11.0 Å². The Morgan fingerprint density at radius 2 is 1.87 bits per heavy atom. The minimum absolute atomic E-state index is 0.0319. The van der Waals surface area contributed by atoms with E-state index < -0.39 is 35.2 Å². The van der Waals surface area contributed by atoms with Crippen molar-refractivity contribution >= 4 is 28.5 Å². The molecule has 3 aromatic rings. The number of carbonyl (C=O) groups is 1. The summed E-state index contributed by atoms with van der Waals surface area (Å²) in [6.45, 7) is 0. The van der Waals surface area contributed by atoms with E-state index in [-0.39, 0.29) is 51.7 Å². The number of benzene rings is 2. The number of phenols is 1. The molecule has 1 saturated carbocycles. The summed E-state index contributed by atoms with van der Waals surface area (Å²) in [5.41, 5.74) is -1.68. The Hall–Kier alpha value is -3.20. The van der Waals surface area contributed by atoms with Crippen LogP contribution in [0.4, 0.5) is 13.2 Å². The molecule has 4 rings (SSSR count). The number of phenolic OH excluding ortho intramolecular Hbond substituents is 1. The maximum absolute atomic E-state index is 13.2. The Labute approximate surface area is 177 Å². The van der Waals surface area contributed by atoms with Gasteiger partial charge in [0.05, 0.1) is 22.1 Å². The van der Waals surface area contributed by atoms with E-state index in [1.807, 2.05) is 0 Å². The van der Waals surface area contributed by atoms with E-state index >= 15 is 0 Å². The third-order valence-corrected chi connectivity index (χ3v) is 5.42. The maximum atomic E-state index is 13.2. The highest BCUT2D eigenvalue weighted by Gasteiger charge is 2.37. The molecule has 2 aromatic carbocycles. The summed E-state index contributed by atoms with van der Waals surface area (Å²) in [5.74, 6) is -2.29. The van der Waals surface area contributed by atoms with Gasteiger partial charge in [0.2, 0.25) is 0 Å². The van der Waals surface area contributed by atoms with Crippen LogP contribution in [-0.4, -0.2) is 22.3 Å². The lowest BCUT2D eigenvalue weighted by atomic mass is 9.82. The number of hydrogen-bond donors (Lipinski definition) is 2. The van der Waals surface area contributed by atoms with Gasteiger partial charge in [0.25, 0.3) is 0 Å².